The predicted octanol–water partition coefficient (Wildman–Crippen LogP) is 1.27. The van der Waals surface area contributed by atoms with Gasteiger partial charge in [-0.1, -0.05) is 18.2 Å². The Morgan fingerprint density at radius 3 is 2.54 bits per heavy atom. The first-order valence-corrected chi connectivity index (χ1v) is 9.66. The normalized spacial score (nSPS) is 16.8. The molecule has 1 aromatic heterocycles. The van der Waals surface area contributed by atoms with Gasteiger partial charge in [-0.25, -0.2) is 9.69 Å². The molecule has 1 aliphatic heterocycles. The fraction of sp³-hybridized carbons (Fsp3) is 0.158. The van der Waals surface area contributed by atoms with Crippen LogP contribution in [0.1, 0.15) is 12.1 Å². The molecule has 1 aliphatic rings. The van der Waals surface area contributed by atoms with E-state index in [0.717, 1.165) is 9.26 Å². The maximum Gasteiger partial charge on any atom is 0.431 e. The van der Waals surface area contributed by atoms with Gasteiger partial charge in [-0.2, -0.15) is 0 Å². The number of aromatic nitrogens is 2. The number of rotatable bonds is 5. The number of carbonyl (C=O) groups excluding carboxylic acids is 2. The average molecular weight is 491 g/mol. The highest BCUT2D eigenvalue weighted by Gasteiger charge is 2.40. The van der Waals surface area contributed by atoms with E-state index in [-0.39, 0.29) is 24.8 Å². The number of para-hydroxylation sites is 1. The van der Waals surface area contributed by atoms with Crippen LogP contribution in [0.25, 0.3) is 5.69 Å². The standard InChI is InChI=1S/C19H15IN4O4/c20-12-6-8-13(9-7-12)23-17(25)10-15(18(23)26)21-11-16-19(27)28-22-24(16)14-4-2-1-3-5-14/h1-9,15,21H,10-11H2/p+1. The third kappa shape index (κ3) is 3.50. The summed E-state index contributed by atoms with van der Waals surface area (Å²) < 4.78 is 7.42. The minimum atomic E-state index is -0.703. The first-order chi connectivity index (χ1) is 13.5. The topological polar surface area (TPSA) is 99.3 Å². The molecule has 3 aromatic rings. The lowest BCUT2D eigenvalue weighted by atomic mass is 10.2. The Morgan fingerprint density at radius 1 is 1.11 bits per heavy atom. The van der Waals surface area contributed by atoms with Crippen molar-refractivity contribution in [1.82, 2.24) is 10.6 Å². The molecule has 0 radical (unpaired) electrons. The van der Waals surface area contributed by atoms with Gasteiger partial charge in [-0.15, -0.1) is 0 Å². The van der Waals surface area contributed by atoms with Crippen LogP contribution >= 0.6 is 22.6 Å². The second kappa shape index (κ2) is 7.68. The van der Waals surface area contributed by atoms with Gasteiger partial charge in [0.15, 0.2) is 0 Å². The molecule has 1 unspecified atom stereocenters. The third-order valence-corrected chi connectivity index (χ3v) is 5.22. The van der Waals surface area contributed by atoms with E-state index >= 15 is 0 Å². The molecule has 142 valence electrons. The van der Waals surface area contributed by atoms with Crippen molar-refractivity contribution in [2.24, 2.45) is 0 Å². The van der Waals surface area contributed by atoms with Crippen molar-refractivity contribution in [3.8, 4) is 5.69 Å². The average Bonchev–Trinajstić information content (AvgIpc) is 3.20. The monoisotopic (exact) mass is 491 g/mol. The minimum absolute atomic E-state index is 0.0336. The molecule has 0 bridgehead atoms. The Kier molecular flexibility index (Phi) is 5.09. The smallest absolute Gasteiger partial charge is 0.296 e. The number of anilines is 1. The van der Waals surface area contributed by atoms with Crippen LogP contribution in [0.15, 0.2) is 63.9 Å². The van der Waals surface area contributed by atoms with Gasteiger partial charge >= 0.3 is 11.3 Å². The molecule has 2 N–H and O–H groups in total. The highest BCUT2D eigenvalue weighted by atomic mass is 127. The number of halogens is 1. The zero-order chi connectivity index (χ0) is 19.7. The number of H-pyrrole nitrogens is 1. The number of hydrogen-bond donors (Lipinski definition) is 2. The number of hydrogen-bond acceptors (Lipinski definition) is 5. The molecule has 2 aromatic carbocycles. The van der Waals surface area contributed by atoms with E-state index in [1.807, 2.05) is 42.5 Å². The second-order valence-electron chi connectivity index (χ2n) is 6.28. The molecule has 1 fully saturated rings. The van der Waals surface area contributed by atoms with Crippen molar-refractivity contribution < 1.29 is 18.8 Å². The molecular formula is C19H16IN4O4+. The van der Waals surface area contributed by atoms with Gasteiger partial charge in [-0.3, -0.25) is 19.4 Å². The molecule has 1 saturated heterocycles. The van der Waals surface area contributed by atoms with Gasteiger partial charge in [0.05, 0.1) is 24.7 Å². The summed E-state index contributed by atoms with van der Waals surface area (Å²) >= 11 is 2.16. The van der Waals surface area contributed by atoms with Crippen molar-refractivity contribution >= 4 is 40.1 Å². The van der Waals surface area contributed by atoms with Gasteiger partial charge < -0.3 is 0 Å². The minimum Gasteiger partial charge on any atom is -0.296 e. The maximum absolute atomic E-state index is 12.7. The molecule has 0 saturated carbocycles. The van der Waals surface area contributed by atoms with Gasteiger partial charge in [0, 0.05) is 15.7 Å². The van der Waals surface area contributed by atoms with Crippen molar-refractivity contribution in [2.75, 3.05) is 4.90 Å². The Hall–Kier alpha value is -2.79. The molecule has 0 aliphatic carbocycles. The van der Waals surface area contributed by atoms with Crippen molar-refractivity contribution in [2.45, 2.75) is 19.0 Å². The Bertz CT molecular complexity index is 1080. The third-order valence-electron chi connectivity index (χ3n) is 4.50. The van der Waals surface area contributed by atoms with Crippen LogP contribution < -0.4 is 20.5 Å². The number of aromatic amines is 1. The summed E-state index contributed by atoms with van der Waals surface area (Å²) in [6.07, 6.45) is 0.0336. The molecule has 1 atom stereocenters. The Labute approximate surface area is 173 Å². The van der Waals surface area contributed by atoms with Gasteiger partial charge in [-0.05, 0) is 56.8 Å². The lowest BCUT2D eigenvalue weighted by Gasteiger charge is -2.15. The molecule has 2 heterocycles. The van der Waals surface area contributed by atoms with E-state index < -0.39 is 11.7 Å². The number of carbonyl (C=O) groups is 2. The van der Waals surface area contributed by atoms with E-state index in [4.69, 9.17) is 4.52 Å². The first kappa shape index (κ1) is 18.6. The summed E-state index contributed by atoms with van der Waals surface area (Å²) in [5.41, 5.74) is 1.03. The van der Waals surface area contributed by atoms with Crippen LogP contribution in [0.4, 0.5) is 5.69 Å². The molecular weight excluding hydrogens is 475 g/mol. The maximum atomic E-state index is 12.7. The number of imide groups is 1. The predicted molar refractivity (Wildman–Crippen MR) is 108 cm³/mol. The van der Waals surface area contributed by atoms with Crippen LogP contribution in [-0.2, 0) is 16.1 Å². The summed E-state index contributed by atoms with van der Waals surface area (Å²) in [6.45, 7) is 0.0743. The van der Waals surface area contributed by atoms with E-state index in [2.05, 4.69) is 33.2 Å². The Morgan fingerprint density at radius 2 is 1.82 bits per heavy atom. The fourth-order valence-electron chi connectivity index (χ4n) is 3.10. The summed E-state index contributed by atoms with van der Waals surface area (Å²) in [5.74, 6) is -0.613. The van der Waals surface area contributed by atoms with Gasteiger partial charge in [0.2, 0.25) is 11.6 Å². The SMILES string of the molecule is O=C1CC(NCc2c(=O)o[nH][n+]2-c2ccccc2)C(=O)N1c1ccc(I)cc1. The molecule has 9 heteroatoms. The van der Waals surface area contributed by atoms with Crippen LogP contribution in [0.3, 0.4) is 0 Å². The lowest BCUT2D eigenvalue weighted by Crippen LogP contribution is -2.44. The summed E-state index contributed by atoms with van der Waals surface area (Å²) in [5, 5.41) is 5.56. The van der Waals surface area contributed by atoms with Crippen molar-refractivity contribution in [1.29, 1.82) is 0 Å². The number of nitrogens with zero attached hydrogens (tertiary/aromatic N) is 2. The van der Waals surface area contributed by atoms with E-state index in [1.165, 1.54) is 9.58 Å². The van der Waals surface area contributed by atoms with Crippen molar-refractivity contribution in [3.05, 3.63) is 74.3 Å². The largest absolute Gasteiger partial charge is 0.431 e. The quantitative estimate of drug-likeness (QED) is 0.318. The summed E-state index contributed by atoms with van der Waals surface area (Å²) in [6, 6.07) is 15.6. The van der Waals surface area contributed by atoms with Gasteiger partial charge in [0.25, 0.3) is 5.91 Å². The number of benzene rings is 2. The van der Waals surface area contributed by atoms with E-state index in [9.17, 15) is 14.4 Å². The van der Waals surface area contributed by atoms with Crippen LogP contribution in [0, 0.1) is 3.57 Å². The molecule has 2 amide bonds. The molecule has 8 nitrogen and oxygen atoms in total. The van der Waals surface area contributed by atoms with E-state index in [0.29, 0.717) is 11.4 Å². The summed E-state index contributed by atoms with van der Waals surface area (Å²) in [4.78, 5) is 38.3. The molecule has 4 rings (SSSR count). The van der Waals surface area contributed by atoms with Crippen LogP contribution in [0.2, 0.25) is 0 Å². The highest BCUT2D eigenvalue weighted by molar-refractivity contribution is 14.1. The lowest BCUT2D eigenvalue weighted by molar-refractivity contribution is -0.677. The Balaban J connectivity index is 1.52. The van der Waals surface area contributed by atoms with E-state index in [1.54, 1.807) is 12.1 Å². The highest BCUT2D eigenvalue weighted by Crippen LogP contribution is 2.23. The van der Waals surface area contributed by atoms with Gasteiger partial charge in [0.1, 0.15) is 0 Å². The zero-order valence-electron chi connectivity index (χ0n) is 14.6. The molecule has 0 spiro atoms. The first-order valence-electron chi connectivity index (χ1n) is 8.58. The zero-order valence-corrected chi connectivity index (χ0v) is 16.8. The van der Waals surface area contributed by atoms with Crippen molar-refractivity contribution in [3.63, 3.8) is 0 Å². The fourth-order valence-corrected chi connectivity index (χ4v) is 3.46. The van der Waals surface area contributed by atoms with Crippen LogP contribution in [0.5, 0.6) is 0 Å². The second-order valence-corrected chi connectivity index (χ2v) is 7.53. The number of nitrogens with one attached hydrogen (secondary N) is 2. The number of amides is 2. The summed E-state index contributed by atoms with van der Waals surface area (Å²) in [7, 11) is 0. The van der Waals surface area contributed by atoms with Crippen LogP contribution in [-0.4, -0.2) is 23.1 Å². The molecule has 28 heavy (non-hydrogen) atoms.